The Labute approximate surface area is 109 Å². The molecule has 0 amide bonds. The van der Waals surface area contributed by atoms with Gasteiger partial charge < -0.3 is 0 Å². The zero-order valence-electron chi connectivity index (χ0n) is 12.4. The van der Waals surface area contributed by atoms with Crippen molar-refractivity contribution in [2.24, 2.45) is 17.8 Å². The molecule has 0 aromatic carbocycles. The van der Waals surface area contributed by atoms with Crippen molar-refractivity contribution in [2.45, 2.75) is 78.0 Å². The van der Waals surface area contributed by atoms with E-state index in [-0.39, 0.29) is 0 Å². The minimum absolute atomic E-state index is 0.959. The van der Waals surface area contributed by atoms with Crippen LogP contribution < -0.4 is 0 Å². The molecule has 0 aromatic heterocycles. The van der Waals surface area contributed by atoms with Crippen molar-refractivity contribution in [3.63, 3.8) is 0 Å². The Bertz CT molecular complexity index is 241. The maximum Gasteiger partial charge on any atom is 0.143 e. The fourth-order valence-electron chi connectivity index (χ4n) is 4.47. The van der Waals surface area contributed by atoms with Gasteiger partial charge in [0.05, 0.1) is 0 Å². The van der Waals surface area contributed by atoms with Gasteiger partial charge in [0.1, 0.15) is 13.4 Å². The molecule has 0 N–H and O–H groups in total. The van der Waals surface area contributed by atoms with E-state index in [1.807, 2.05) is 0 Å². The van der Waals surface area contributed by atoms with Crippen LogP contribution in [0, 0.1) is 17.8 Å². The van der Waals surface area contributed by atoms with E-state index in [9.17, 15) is 0 Å². The monoisotopic (exact) mass is 232 g/mol. The van der Waals surface area contributed by atoms with Gasteiger partial charge in [-0.25, -0.2) is 0 Å². The van der Waals surface area contributed by atoms with Crippen molar-refractivity contribution >= 4 is 13.4 Å². The standard InChI is InChI=1S/C15H30B2/c1-12-5-7-16(9-12)11-14(3)15(4)17-8-6-13(2)10-17/h12-15H,5-11H2,1-4H3. The molecule has 4 unspecified atom stereocenters. The molecule has 0 aromatic rings. The van der Waals surface area contributed by atoms with E-state index >= 15 is 0 Å². The van der Waals surface area contributed by atoms with Gasteiger partial charge in [-0.2, -0.15) is 0 Å². The molecule has 2 fully saturated rings. The Hall–Kier alpha value is 0.130. The SMILES string of the molecule is CC1CCB(CC(C)C(C)B2CCC(C)C2)C1. The van der Waals surface area contributed by atoms with Gasteiger partial charge in [-0.15, -0.1) is 0 Å². The molecule has 2 heteroatoms. The predicted molar refractivity (Wildman–Crippen MR) is 81.7 cm³/mol. The molecule has 2 saturated heterocycles. The molecule has 2 heterocycles. The number of rotatable bonds is 4. The Morgan fingerprint density at radius 1 is 1.00 bits per heavy atom. The fourth-order valence-corrected chi connectivity index (χ4v) is 4.47. The second kappa shape index (κ2) is 5.85. The zero-order valence-corrected chi connectivity index (χ0v) is 12.4. The van der Waals surface area contributed by atoms with Crippen LogP contribution in [0.25, 0.3) is 0 Å². The lowest BCUT2D eigenvalue weighted by atomic mass is 9.34. The molecule has 17 heavy (non-hydrogen) atoms. The van der Waals surface area contributed by atoms with Gasteiger partial charge in [-0.05, 0) is 0 Å². The summed E-state index contributed by atoms with van der Waals surface area (Å²) in [5.41, 5.74) is 0. The molecule has 96 valence electrons. The fraction of sp³-hybridized carbons (Fsp3) is 1.00. The Balaban J connectivity index is 1.77. The first-order valence-corrected chi connectivity index (χ1v) is 8.06. The maximum absolute atomic E-state index is 2.53. The largest absolute Gasteiger partial charge is 0.143 e. The maximum atomic E-state index is 2.53. The van der Waals surface area contributed by atoms with E-state index in [4.69, 9.17) is 0 Å². The van der Waals surface area contributed by atoms with E-state index in [2.05, 4.69) is 27.7 Å². The quantitative estimate of drug-likeness (QED) is 0.592. The average Bonchev–Trinajstić information content (AvgIpc) is 2.87. The summed E-state index contributed by atoms with van der Waals surface area (Å²) in [4.78, 5) is 0. The third-order valence-corrected chi connectivity index (χ3v) is 5.89. The van der Waals surface area contributed by atoms with Crippen LogP contribution in [0.3, 0.4) is 0 Å². The van der Waals surface area contributed by atoms with Crippen LogP contribution in [0.2, 0.25) is 37.4 Å². The van der Waals surface area contributed by atoms with Gasteiger partial charge in [-0.1, -0.05) is 95.7 Å². The highest BCUT2D eigenvalue weighted by atomic mass is 14.2. The van der Waals surface area contributed by atoms with Crippen LogP contribution in [0.5, 0.6) is 0 Å². The van der Waals surface area contributed by atoms with E-state index in [1.54, 1.807) is 0 Å². The van der Waals surface area contributed by atoms with Gasteiger partial charge in [0.25, 0.3) is 0 Å². The average molecular weight is 232 g/mol. The molecule has 0 bridgehead atoms. The van der Waals surface area contributed by atoms with Crippen molar-refractivity contribution < 1.29 is 0 Å². The van der Waals surface area contributed by atoms with E-state index < -0.39 is 0 Å². The zero-order chi connectivity index (χ0) is 12.4. The Morgan fingerprint density at radius 2 is 1.65 bits per heavy atom. The highest BCUT2D eigenvalue weighted by molar-refractivity contribution is 6.62. The molecular weight excluding hydrogens is 202 g/mol. The van der Waals surface area contributed by atoms with E-state index in [1.165, 1.54) is 44.4 Å². The van der Waals surface area contributed by atoms with E-state index in [0.29, 0.717) is 0 Å². The summed E-state index contributed by atoms with van der Waals surface area (Å²) in [6.45, 7) is 12.0. The molecule has 0 nitrogen and oxygen atoms in total. The molecule has 0 spiro atoms. The first-order valence-electron chi connectivity index (χ1n) is 8.06. The van der Waals surface area contributed by atoms with Crippen LogP contribution in [0.1, 0.15) is 40.5 Å². The molecule has 2 rings (SSSR count). The lowest BCUT2D eigenvalue weighted by Gasteiger charge is -2.25. The summed E-state index contributed by atoms with van der Waals surface area (Å²) in [5.74, 6) is 3.94. The van der Waals surface area contributed by atoms with Crippen LogP contribution >= 0.6 is 0 Å². The molecule has 4 atom stereocenters. The highest BCUT2D eigenvalue weighted by Gasteiger charge is 2.34. The summed E-state index contributed by atoms with van der Waals surface area (Å²) in [7, 11) is 0. The normalized spacial score (nSPS) is 33.2. The van der Waals surface area contributed by atoms with Crippen molar-refractivity contribution in [2.75, 3.05) is 0 Å². The third-order valence-electron chi connectivity index (χ3n) is 5.89. The van der Waals surface area contributed by atoms with Gasteiger partial charge in [0, 0.05) is 0 Å². The van der Waals surface area contributed by atoms with Crippen molar-refractivity contribution in [1.82, 2.24) is 0 Å². The lowest BCUT2D eigenvalue weighted by Crippen LogP contribution is -2.23. The highest BCUT2D eigenvalue weighted by Crippen LogP contribution is 2.40. The van der Waals surface area contributed by atoms with Gasteiger partial charge in [0.2, 0.25) is 0 Å². The van der Waals surface area contributed by atoms with Crippen LogP contribution in [0.15, 0.2) is 0 Å². The van der Waals surface area contributed by atoms with Crippen molar-refractivity contribution in [3.8, 4) is 0 Å². The van der Waals surface area contributed by atoms with Crippen LogP contribution in [0.4, 0.5) is 0 Å². The summed E-state index contributed by atoms with van der Waals surface area (Å²) in [5, 5.41) is 0. The first-order chi connectivity index (χ1) is 8.06. The smallest absolute Gasteiger partial charge is 0.0739 e. The van der Waals surface area contributed by atoms with Crippen LogP contribution in [-0.4, -0.2) is 13.4 Å². The third kappa shape index (κ3) is 3.55. The second-order valence-electron chi connectivity index (χ2n) is 7.53. The summed E-state index contributed by atoms with van der Waals surface area (Å²) in [6.07, 6.45) is 10.5. The molecule has 2 aliphatic heterocycles. The minimum Gasteiger partial charge on any atom is -0.0739 e. The summed E-state index contributed by atoms with van der Waals surface area (Å²) < 4.78 is 0. The molecule has 2 aliphatic rings. The van der Waals surface area contributed by atoms with Gasteiger partial charge >= 0.3 is 0 Å². The van der Waals surface area contributed by atoms with Crippen molar-refractivity contribution in [3.05, 3.63) is 0 Å². The molecule has 0 radical (unpaired) electrons. The Morgan fingerprint density at radius 3 is 2.18 bits per heavy atom. The first kappa shape index (κ1) is 13.6. The van der Waals surface area contributed by atoms with Crippen molar-refractivity contribution in [1.29, 1.82) is 0 Å². The minimum atomic E-state index is 0.959. The predicted octanol–water partition coefficient (Wildman–Crippen LogP) is 5.08. The second-order valence-corrected chi connectivity index (χ2v) is 7.53. The lowest BCUT2D eigenvalue weighted by molar-refractivity contribution is 0.601. The summed E-state index contributed by atoms with van der Waals surface area (Å²) >= 11 is 0. The molecule has 0 saturated carbocycles. The van der Waals surface area contributed by atoms with Crippen LogP contribution in [-0.2, 0) is 0 Å². The molecule has 0 aliphatic carbocycles. The number of hydrogen-bond acceptors (Lipinski definition) is 0. The van der Waals surface area contributed by atoms with Gasteiger partial charge in [-0.3, -0.25) is 0 Å². The number of hydrogen-bond donors (Lipinski definition) is 0. The molecular formula is C15H30B2. The van der Waals surface area contributed by atoms with Gasteiger partial charge in [0.15, 0.2) is 0 Å². The Kier molecular flexibility index (Phi) is 4.66. The van der Waals surface area contributed by atoms with E-state index in [0.717, 1.165) is 37.0 Å². The topological polar surface area (TPSA) is 0 Å². The summed E-state index contributed by atoms with van der Waals surface area (Å²) in [6, 6.07) is 0.